The van der Waals surface area contributed by atoms with Gasteiger partial charge < -0.3 is 9.88 Å². The first-order chi connectivity index (χ1) is 14.4. The number of nitrogens with one attached hydrogen (secondary N) is 1. The topological polar surface area (TPSA) is 68.9 Å². The Hall–Kier alpha value is -4.00. The maximum absolute atomic E-state index is 13.4. The number of ketones is 1. The quantitative estimate of drug-likeness (QED) is 0.498. The Kier molecular flexibility index (Phi) is 5.02. The molecule has 2 aromatic heterocycles. The summed E-state index contributed by atoms with van der Waals surface area (Å²) in [6.45, 7) is 3.24. The number of carbonyl (C=O) groups is 2. The summed E-state index contributed by atoms with van der Waals surface area (Å²) in [5.74, 6) is -0.182. The Morgan fingerprint density at radius 1 is 0.967 bits per heavy atom. The zero-order valence-electron chi connectivity index (χ0n) is 16.5. The fourth-order valence-electron chi connectivity index (χ4n) is 3.24. The second-order valence-corrected chi connectivity index (χ2v) is 6.85. The van der Waals surface area contributed by atoms with Crippen molar-refractivity contribution >= 4 is 17.4 Å². The standard InChI is InChI=1S/C23H19FN4O2/c1-15-21(22(30)25-19-9-5-17(6-10-19)16(2)29)23(27-13-3-4-14-27)28(26-15)20-11-7-18(24)8-12-20/h3-14H,1-2H3,(H,25,30). The summed E-state index contributed by atoms with van der Waals surface area (Å²) in [5, 5.41) is 7.40. The van der Waals surface area contributed by atoms with E-state index in [2.05, 4.69) is 10.4 Å². The molecule has 0 aliphatic rings. The van der Waals surface area contributed by atoms with Gasteiger partial charge in [0.1, 0.15) is 11.4 Å². The molecule has 0 unspecified atom stereocenters. The summed E-state index contributed by atoms with van der Waals surface area (Å²) in [7, 11) is 0. The summed E-state index contributed by atoms with van der Waals surface area (Å²) in [4.78, 5) is 24.6. The monoisotopic (exact) mass is 402 g/mol. The van der Waals surface area contributed by atoms with E-state index in [0.717, 1.165) is 0 Å². The van der Waals surface area contributed by atoms with E-state index in [1.807, 2.05) is 24.5 Å². The molecule has 0 radical (unpaired) electrons. The minimum atomic E-state index is -0.350. The molecule has 2 heterocycles. The third-order valence-electron chi connectivity index (χ3n) is 4.73. The Labute approximate surface area is 172 Å². The summed E-state index contributed by atoms with van der Waals surface area (Å²) in [5.41, 5.74) is 2.69. The molecule has 150 valence electrons. The van der Waals surface area contributed by atoms with Crippen LogP contribution in [-0.4, -0.2) is 26.0 Å². The number of aromatic nitrogens is 3. The zero-order chi connectivity index (χ0) is 21.3. The molecule has 0 saturated carbocycles. The zero-order valence-corrected chi connectivity index (χ0v) is 16.5. The molecule has 4 aromatic rings. The number of amides is 1. The fourth-order valence-corrected chi connectivity index (χ4v) is 3.24. The van der Waals surface area contributed by atoms with E-state index in [0.29, 0.717) is 34.0 Å². The maximum atomic E-state index is 13.4. The van der Waals surface area contributed by atoms with Crippen LogP contribution in [0.5, 0.6) is 0 Å². The Morgan fingerprint density at radius 2 is 1.60 bits per heavy atom. The van der Waals surface area contributed by atoms with Crippen molar-refractivity contribution in [2.75, 3.05) is 5.32 Å². The number of hydrogen-bond acceptors (Lipinski definition) is 3. The summed E-state index contributed by atoms with van der Waals surface area (Å²) in [6.07, 6.45) is 3.63. The van der Waals surface area contributed by atoms with Crippen LogP contribution in [0.15, 0.2) is 73.1 Å². The lowest BCUT2D eigenvalue weighted by molar-refractivity contribution is 0.101. The highest BCUT2D eigenvalue weighted by Crippen LogP contribution is 2.24. The normalized spacial score (nSPS) is 10.8. The number of aryl methyl sites for hydroxylation is 1. The molecule has 0 bridgehead atoms. The largest absolute Gasteiger partial charge is 0.322 e. The minimum Gasteiger partial charge on any atom is -0.322 e. The molecule has 4 rings (SSSR count). The average molecular weight is 402 g/mol. The molecular weight excluding hydrogens is 383 g/mol. The highest BCUT2D eigenvalue weighted by atomic mass is 19.1. The highest BCUT2D eigenvalue weighted by molar-refractivity contribution is 6.07. The van der Waals surface area contributed by atoms with Gasteiger partial charge in [-0.25, -0.2) is 9.07 Å². The number of anilines is 1. The number of nitrogens with zero attached hydrogens (tertiary/aromatic N) is 3. The molecule has 1 amide bonds. The molecular formula is C23H19FN4O2. The number of hydrogen-bond donors (Lipinski definition) is 1. The number of halogens is 1. The van der Waals surface area contributed by atoms with Gasteiger partial charge in [-0.1, -0.05) is 0 Å². The van der Waals surface area contributed by atoms with Crippen molar-refractivity contribution in [1.82, 2.24) is 14.3 Å². The van der Waals surface area contributed by atoms with E-state index in [4.69, 9.17) is 0 Å². The van der Waals surface area contributed by atoms with E-state index in [1.165, 1.54) is 19.1 Å². The van der Waals surface area contributed by atoms with Gasteiger partial charge >= 0.3 is 0 Å². The fraction of sp³-hybridized carbons (Fsp3) is 0.0870. The number of carbonyl (C=O) groups excluding carboxylic acids is 2. The lowest BCUT2D eigenvalue weighted by Crippen LogP contribution is -2.16. The second-order valence-electron chi connectivity index (χ2n) is 6.85. The minimum absolute atomic E-state index is 0.0424. The van der Waals surface area contributed by atoms with Crippen LogP contribution in [0.4, 0.5) is 10.1 Å². The van der Waals surface area contributed by atoms with Crippen LogP contribution < -0.4 is 5.32 Å². The van der Waals surface area contributed by atoms with Gasteiger partial charge in [-0.05, 0) is 74.5 Å². The molecule has 6 nitrogen and oxygen atoms in total. The summed E-state index contributed by atoms with van der Waals surface area (Å²) >= 11 is 0. The van der Waals surface area contributed by atoms with Gasteiger partial charge in [0.05, 0.1) is 11.4 Å². The average Bonchev–Trinajstić information content (AvgIpc) is 3.36. The molecule has 0 fully saturated rings. The SMILES string of the molecule is CC(=O)c1ccc(NC(=O)c2c(C)nn(-c3ccc(F)cc3)c2-n2cccc2)cc1. The van der Waals surface area contributed by atoms with Crippen LogP contribution in [-0.2, 0) is 0 Å². The van der Waals surface area contributed by atoms with Crippen molar-refractivity contribution < 1.29 is 14.0 Å². The van der Waals surface area contributed by atoms with E-state index in [1.54, 1.807) is 52.6 Å². The van der Waals surface area contributed by atoms with Gasteiger partial charge in [0.15, 0.2) is 11.6 Å². The number of Topliss-reactive ketones (excluding diaryl/α,β-unsaturated/α-hetero) is 1. The molecule has 30 heavy (non-hydrogen) atoms. The van der Waals surface area contributed by atoms with E-state index < -0.39 is 0 Å². The van der Waals surface area contributed by atoms with Crippen molar-refractivity contribution in [3.05, 3.63) is 95.7 Å². The van der Waals surface area contributed by atoms with Crippen molar-refractivity contribution in [1.29, 1.82) is 0 Å². The van der Waals surface area contributed by atoms with Gasteiger partial charge in [0.25, 0.3) is 5.91 Å². The molecule has 7 heteroatoms. The van der Waals surface area contributed by atoms with Crippen LogP contribution in [0.2, 0.25) is 0 Å². The van der Waals surface area contributed by atoms with E-state index >= 15 is 0 Å². The number of benzene rings is 2. The molecule has 0 aliphatic heterocycles. The predicted molar refractivity (Wildman–Crippen MR) is 112 cm³/mol. The summed E-state index contributed by atoms with van der Waals surface area (Å²) in [6, 6.07) is 16.3. The molecule has 0 atom stereocenters. The van der Waals surface area contributed by atoms with Gasteiger partial charge in [-0.3, -0.25) is 9.59 Å². The van der Waals surface area contributed by atoms with Crippen molar-refractivity contribution in [3.8, 4) is 11.5 Å². The van der Waals surface area contributed by atoms with Crippen LogP contribution in [0.3, 0.4) is 0 Å². The van der Waals surface area contributed by atoms with Crippen LogP contribution >= 0.6 is 0 Å². The van der Waals surface area contributed by atoms with Gasteiger partial charge in [-0.15, -0.1) is 0 Å². The molecule has 2 aromatic carbocycles. The Balaban J connectivity index is 1.76. The molecule has 0 aliphatic carbocycles. The first kappa shape index (κ1) is 19.3. The van der Waals surface area contributed by atoms with Gasteiger partial charge in [0.2, 0.25) is 0 Å². The Morgan fingerprint density at radius 3 is 2.20 bits per heavy atom. The van der Waals surface area contributed by atoms with Gasteiger partial charge in [0, 0.05) is 23.6 Å². The maximum Gasteiger partial charge on any atom is 0.261 e. The number of rotatable bonds is 5. The summed E-state index contributed by atoms with van der Waals surface area (Å²) < 4.78 is 16.8. The third kappa shape index (κ3) is 3.65. The molecule has 1 N–H and O–H groups in total. The van der Waals surface area contributed by atoms with E-state index in [-0.39, 0.29) is 17.5 Å². The van der Waals surface area contributed by atoms with E-state index in [9.17, 15) is 14.0 Å². The first-order valence-corrected chi connectivity index (χ1v) is 9.35. The second kappa shape index (κ2) is 7.79. The molecule has 0 saturated heterocycles. The van der Waals surface area contributed by atoms with Crippen molar-refractivity contribution in [3.63, 3.8) is 0 Å². The van der Waals surface area contributed by atoms with Crippen molar-refractivity contribution in [2.24, 2.45) is 0 Å². The Bertz CT molecular complexity index is 1210. The van der Waals surface area contributed by atoms with Crippen LogP contribution in [0.25, 0.3) is 11.5 Å². The highest BCUT2D eigenvalue weighted by Gasteiger charge is 2.24. The van der Waals surface area contributed by atoms with Crippen molar-refractivity contribution in [2.45, 2.75) is 13.8 Å². The third-order valence-corrected chi connectivity index (χ3v) is 4.73. The lowest BCUT2D eigenvalue weighted by atomic mass is 10.1. The molecule has 0 spiro atoms. The van der Waals surface area contributed by atoms with Crippen LogP contribution in [0.1, 0.15) is 33.3 Å². The van der Waals surface area contributed by atoms with Crippen LogP contribution in [0, 0.1) is 12.7 Å². The lowest BCUT2D eigenvalue weighted by Gasteiger charge is -2.11. The first-order valence-electron chi connectivity index (χ1n) is 9.35. The smallest absolute Gasteiger partial charge is 0.261 e. The van der Waals surface area contributed by atoms with Gasteiger partial charge in [-0.2, -0.15) is 5.10 Å². The predicted octanol–water partition coefficient (Wildman–Crippen LogP) is 4.57.